The highest BCUT2D eigenvalue weighted by Gasteiger charge is 2.30. The summed E-state index contributed by atoms with van der Waals surface area (Å²) in [5.74, 6) is 0.428. The Kier molecular flexibility index (Phi) is 6.18. The minimum Gasteiger partial charge on any atom is -0.452 e. The van der Waals surface area contributed by atoms with Gasteiger partial charge in [0.25, 0.3) is 0 Å². The zero-order valence-electron chi connectivity index (χ0n) is 21.5. The van der Waals surface area contributed by atoms with Gasteiger partial charge in [-0.25, -0.2) is 4.79 Å². The van der Waals surface area contributed by atoms with Crippen LogP contribution in [0.15, 0.2) is 66.4 Å². The SMILES string of the molecule is Cc1c(OC(=O)c2ccc(C(C)(C)C)cc2)ccc2c1O/C(=C\c1ccc(C(C)(C)C)cc1)C2=O. The molecule has 3 aromatic carbocycles. The van der Waals surface area contributed by atoms with E-state index >= 15 is 0 Å². The maximum absolute atomic E-state index is 12.9. The number of ether oxygens (including phenoxy) is 2. The van der Waals surface area contributed by atoms with Crippen molar-refractivity contribution in [1.29, 1.82) is 0 Å². The second kappa shape index (κ2) is 8.84. The van der Waals surface area contributed by atoms with E-state index in [-0.39, 0.29) is 22.4 Å². The van der Waals surface area contributed by atoms with Gasteiger partial charge in [0.2, 0.25) is 5.78 Å². The third-order valence-electron chi connectivity index (χ3n) is 6.30. The van der Waals surface area contributed by atoms with Crippen LogP contribution in [0, 0.1) is 6.92 Å². The van der Waals surface area contributed by atoms with Crippen molar-refractivity contribution in [1.82, 2.24) is 0 Å². The van der Waals surface area contributed by atoms with Crippen molar-refractivity contribution in [3.8, 4) is 11.5 Å². The van der Waals surface area contributed by atoms with Crippen LogP contribution in [-0.2, 0) is 10.8 Å². The van der Waals surface area contributed by atoms with Gasteiger partial charge in [-0.1, -0.05) is 77.9 Å². The Morgan fingerprint density at radius 2 is 1.34 bits per heavy atom. The predicted octanol–water partition coefficient (Wildman–Crippen LogP) is 7.43. The fraction of sp³-hybridized carbons (Fsp3) is 0.290. The number of Topliss-reactive ketones (excluding diaryl/α,β-unsaturated/α-hetero) is 1. The molecule has 0 aliphatic carbocycles. The van der Waals surface area contributed by atoms with E-state index in [2.05, 4.69) is 53.7 Å². The van der Waals surface area contributed by atoms with Gasteiger partial charge >= 0.3 is 5.97 Å². The first kappa shape index (κ1) is 24.5. The third kappa shape index (κ3) is 5.07. The van der Waals surface area contributed by atoms with Gasteiger partial charge < -0.3 is 9.47 Å². The molecule has 0 spiro atoms. The van der Waals surface area contributed by atoms with Crippen molar-refractivity contribution >= 4 is 17.8 Å². The lowest BCUT2D eigenvalue weighted by molar-refractivity contribution is 0.0733. The summed E-state index contributed by atoms with van der Waals surface area (Å²) >= 11 is 0. The van der Waals surface area contributed by atoms with Gasteiger partial charge in [-0.3, -0.25) is 4.79 Å². The Labute approximate surface area is 207 Å². The summed E-state index contributed by atoms with van der Waals surface area (Å²) in [5.41, 5.74) is 4.85. The van der Waals surface area contributed by atoms with Crippen LogP contribution in [0.5, 0.6) is 11.5 Å². The summed E-state index contributed by atoms with van der Waals surface area (Å²) in [6.07, 6.45) is 1.75. The fourth-order valence-electron chi connectivity index (χ4n) is 3.97. The van der Waals surface area contributed by atoms with Crippen LogP contribution in [-0.4, -0.2) is 11.8 Å². The Hall–Kier alpha value is -3.66. The molecule has 180 valence electrons. The molecule has 1 aliphatic heterocycles. The molecule has 0 N–H and O–H groups in total. The molecule has 1 heterocycles. The number of rotatable bonds is 3. The summed E-state index contributed by atoms with van der Waals surface area (Å²) in [6, 6.07) is 18.8. The maximum atomic E-state index is 12.9. The number of hydrogen-bond donors (Lipinski definition) is 0. The molecule has 0 bridgehead atoms. The largest absolute Gasteiger partial charge is 0.452 e. The van der Waals surface area contributed by atoms with E-state index in [9.17, 15) is 9.59 Å². The highest BCUT2D eigenvalue weighted by Crippen LogP contribution is 2.39. The first-order valence-electron chi connectivity index (χ1n) is 11.9. The zero-order valence-corrected chi connectivity index (χ0v) is 21.5. The quantitative estimate of drug-likeness (QED) is 0.228. The Morgan fingerprint density at radius 1 is 0.800 bits per heavy atom. The number of fused-ring (bicyclic) bond motifs is 1. The van der Waals surface area contributed by atoms with Crippen LogP contribution >= 0.6 is 0 Å². The van der Waals surface area contributed by atoms with E-state index in [1.807, 2.05) is 24.3 Å². The molecule has 0 aromatic heterocycles. The molecule has 0 saturated carbocycles. The van der Waals surface area contributed by atoms with Crippen LogP contribution in [0.2, 0.25) is 0 Å². The topological polar surface area (TPSA) is 52.6 Å². The smallest absolute Gasteiger partial charge is 0.343 e. The van der Waals surface area contributed by atoms with Crippen molar-refractivity contribution < 1.29 is 19.1 Å². The molecule has 0 unspecified atom stereocenters. The Bertz CT molecular complexity index is 1310. The molecule has 4 rings (SSSR count). The Morgan fingerprint density at radius 3 is 1.89 bits per heavy atom. The maximum Gasteiger partial charge on any atom is 0.343 e. The second-order valence-electron chi connectivity index (χ2n) is 11.1. The molecule has 0 fully saturated rings. The van der Waals surface area contributed by atoms with Gasteiger partial charge in [-0.2, -0.15) is 0 Å². The van der Waals surface area contributed by atoms with E-state index in [0.717, 1.165) is 11.1 Å². The van der Waals surface area contributed by atoms with E-state index in [0.29, 0.717) is 28.2 Å². The lowest BCUT2D eigenvalue weighted by atomic mass is 9.86. The highest BCUT2D eigenvalue weighted by molar-refractivity contribution is 6.15. The van der Waals surface area contributed by atoms with Gasteiger partial charge in [0, 0.05) is 5.56 Å². The average molecular weight is 469 g/mol. The van der Waals surface area contributed by atoms with Crippen LogP contribution in [0.3, 0.4) is 0 Å². The second-order valence-corrected chi connectivity index (χ2v) is 11.1. The number of carbonyl (C=O) groups excluding carboxylic acids is 2. The normalized spacial score (nSPS) is 14.6. The number of allylic oxidation sites excluding steroid dienone is 1. The van der Waals surface area contributed by atoms with Gasteiger partial charge in [-0.15, -0.1) is 0 Å². The third-order valence-corrected chi connectivity index (χ3v) is 6.30. The molecular weight excluding hydrogens is 436 g/mol. The zero-order chi connectivity index (χ0) is 25.5. The lowest BCUT2D eigenvalue weighted by Gasteiger charge is -2.19. The van der Waals surface area contributed by atoms with Crippen molar-refractivity contribution in [2.45, 2.75) is 59.3 Å². The van der Waals surface area contributed by atoms with E-state index in [1.165, 1.54) is 5.56 Å². The number of ketones is 1. The molecule has 0 atom stereocenters. The number of hydrogen-bond acceptors (Lipinski definition) is 4. The standard InChI is InChI=1S/C31H32O4/c1-19-25(35-29(33)21-10-14-23(15-11-21)31(5,6)7)17-16-24-27(32)26(34-28(19)24)18-20-8-12-22(13-9-20)30(2,3)4/h8-18H,1-7H3/b26-18-. The summed E-state index contributed by atoms with van der Waals surface area (Å²) in [5, 5.41) is 0. The summed E-state index contributed by atoms with van der Waals surface area (Å²) < 4.78 is 11.6. The summed E-state index contributed by atoms with van der Waals surface area (Å²) in [7, 11) is 0. The van der Waals surface area contributed by atoms with E-state index in [4.69, 9.17) is 9.47 Å². The van der Waals surface area contributed by atoms with Gasteiger partial charge in [0.15, 0.2) is 5.76 Å². The number of carbonyl (C=O) groups is 2. The average Bonchev–Trinajstić information content (AvgIpc) is 3.11. The van der Waals surface area contributed by atoms with Crippen LogP contribution in [0.1, 0.15) is 84.5 Å². The predicted molar refractivity (Wildman–Crippen MR) is 139 cm³/mol. The van der Waals surface area contributed by atoms with Crippen molar-refractivity contribution in [2.75, 3.05) is 0 Å². The van der Waals surface area contributed by atoms with Gasteiger partial charge in [0.1, 0.15) is 11.5 Å². The van der Waals surface area contributed by atoms with Crippen molar-refractivity contribution in [3.63, 3.8) is 0 Å². The first-order valence-corrected chi connectivity index (χ1v) is 11.9. The molecule has 3 aromatic rings. The number of benzene rings is 3. The Balaban J connectivity index is 1.54. The van der Waals surface area contributed by atoms with Gasteiger partial charge in [0.05, 0.1) is 11.1 Å². The lowest BCUT2D eigenvalue weighted by Crippen LogP contribution is -2.13. The monoisotopic (exact) mass is 468 g/mol. The van der Waals surface area contributed by atoms with Gasteiger partial charge in [-0.05, 0) is 64.8 Å². The minimum absolute atomic E-state index is 0.00272. The number of esters is 1. The molecule has 4 heteroatoms. The fourth-order valence-corrected chi connectivity index (χ4v) is 3.97. The molecule has 0 saturated heterocycles. The molecule has 0 amide bonds. The minimum atomic E-state index is -0.451. The van der Waals surface area contributed by atoms with E-state index < -0.39 is 5.97 Å². The first-order chi connectivity index (χ1) is 16.3. The van der Waals surface area contributed by atoms with E-state index in [1.54, 1.807) is 37.3 Å². The molecule has 0 radical (unpaired) electrons. The molecule has 35 heavy (non-hydrogen) atoms. The van der Waals surface area contributed by atoms with Crippen molar-refractivity contribution in [2.24, 2.45) is 0 Å². The van der Waals surface area contributed by atoms with Crippen LogP contribution in [0.25, 0.3) is 6.08 Å². The highest BCUT2D eigenvalue weighted by atomic mass is 16.5. The van der Waals surface area contributed by atoms with Crippen LogP contribution in [0.4, 0.5) is 0 Å². The summed E-state index contributed by atoms with van der Waals surface area (Å²) in [6.45, 7) is 14.6. The molecular formula is C31H32O4. The summed E-state index contributed by atoms with van der Waals surface area (Å²) in [4.78, 5) is 25.7. The molecule has 1 aliphatic rings. The van der Waals surface area contributed by atoms with Crippen LogP contribution < -0.4 is 9.47 Å². The van der Waals surface area contributed by atoms with Crippen molar-refractivity contribution in [3.05, 3.63) is 99.8 Å². The molecule has 4 nitrogen and oxygen atoms in total.